The second kappa shape index (κ2) is 14.5. The average Bonchev–Trinajstić information content (AvgIpc) is 3.70. The van der Waals surface area contributed by atoms with E-state index in [2.05, 4.69) is 164 Å². The van der Waals surface area contributed by atoms with Gasteiger partial charge in [0.2, 0.25) is 0 Å². The standard InChI is InChI=1S/C55H35N3O/c1-4-13-36(14-5-1)38-25-27-39(28-26-38)42-20-10-21-44(33-42)46-22-12-24-50-52(46)48-32-31-45(35-51(48)59-50)54-56-53(41-17-8-3-9-18-41)57-55(58-54)47-23-11-19-40-29-30-43(34-49(40)47)37-15-6-2-7-16-37/h1-35H. The van der Waals surface area contributed by atoms with Gasteiger partial charge < -0.3 is 4.42 Å². The van der Waals surface area contributed by atoms with Crippen molar-refractivity contribution in [3.05, 3.63) is 212 Å². The third-order valence-electron chi connectivity index (χ3n) is 11.2. The maximum Gasteiger partial charge on any atom is 0.164 e. The number of fused-ring (bicyclic) bond motifs is 4. The molecule has 11 aromatic rings. The molecule has 0 amide bonds. The van der Waals surface area contributed by atoms with Crippen molar-refractivity contribution in [2.75, 3.05) is 0 Å². The maximum atomic E-state index is 6.62. The predicted molar refractivity (Wildman–Crippen MR) is 243 cm³/mol. The number of hydrogen-bond acceptors (Lipinski definition) is 4. The van der Waals surface area contributed by atoms with Gasteiger partial charge in [0.25, 0.3) is 0 Å². The molecule has 0 unspecified atom stereocenters. The average molecular weight is 754 g/mol. The lowest BCUT2D eigenvalue weighted by Crippen LogP contribution is -2.00. The monoisotopic (exact) mass is 753 g/mol. The van der Waals surface area contributed by atoms with Crippen molar-refractivity contribution in [2.24, 2.45) is 0 Å². The number of benzene rings is 9. The van der Waals surface area contributed by atoms with Crippen LogP contribution in [0.15, 0.2) is 217 Å². The summed E-state index contributed by atoms with van der Waals surface area (Å²) in [5, 5.41) is 4.32. The fraction of sp³-hybridized carbons (Fsp3) is 0. The third-order valence-corrected chi connectivity index (χ3v) is 11.2. The van der Waals surface area contributed by atoms with Gasteiger partial charge in [-0.25, -0.2) is 15.0 Å². The molecule has 0 saturated heterocycles. The summed E-state index contributed by atoms with van der Waals surface area (Å²) in [6, 6.07) is 74.1. The molecule has 276 valence electrons. The highest BCUT2D eigenvalue weighted by Crippen LogP contribution is 2.40. The van der Waals surface area contributed by atoms with Gasteiger partial charge in [-0.15, -0.1) is 0 Å². The Balaban J connectivity index is 1.00. The van der Waals surface area contributed by atoms with Gasteiger partial charge in [0.15, 0.2) is 17.5 Å². The molecular weight excluding hydrogens is 719 g/mol. The summed E-state index contributed by atoms with van der Waals surface area (Å²) in [4.78, 5) is 15.3. The van der Waals surface area contributed by atoms with Gasteiger partial charge in [0, 0.05) is 27.5 Å². The van der Waals surface area contributed by atoms with Crippen LogP contribution >= 0.6 is 0 Å². The Labute approximate surface area is 341 Å². The number of aromatic nitrogens is 3. The van der Waals surface area contributed by atoms with Crippen LogP contribution in [0.4, 0.5) is 0 Å². The van der Waals surface area contributed by atoms with Crippen LogP contribution < -0.4 is 0 Å². The van der Waals surface area contributed by atoms with Crippen LogP contribution in [-0.2, 0) is 0 Å². The molecule has 2 heterocycles. The van der Waals surface area contributed by atoms with Gasteiger partial charge >= 0.3 is 0 Å². The van der Waals surface area contributed by atoms with Crippen molar-refractivity contribution in [1.29, 1.82) is 0 Å². The Morgan fingerprint density at radius 2 is 0.780 bits per heavy atom. The van der Waals surface area contributed by atoms with E-state index in [-0.39, 0.29) is 0 Å². The SMILES string of the molecule is c1ccc(-c2ccc(-c3cccc(-c4cccc5oc6cc(-c7nc(-c8ccccc8)nc(-c8cccc9ccc(-c%10ccccc%10)cc89)n7)ccc6c45)c3)cc2)cc1. The molecule has 0 aliphatic rings. The fourth-order valence-corrected chi connectivity index (χ4v) is 8.18. The molecule has 0 bridgehead atoms. The van der Waals surface area contributed by atoms with E-state index in [4.69, 9.17) is 19.4 Å². The van der Waals surface area contributed by atoms with Gasteiger partial charge in [-0.3, -0.25) is 0 Å². The highest BCUT2D eigenvalue weighted by atomic mass is 16.3. The second-order valence-corrected chi connectivity index (χ2v) is 14.8. The summed E-state index contributed by atoms with van der Waals surface area (Å²) in [6.45, 7) is 0. The minimum absolute atomic E-state index is 0.582. The zero-order valence-electron chi connectivity index (χ0n) is 32.0. The Bertz CT molecular complexity index is 3300. The van der Waals surface area contributed by atoms with E-state index in [1.165, 1.54) is 16.7 Å². The smallest absolute Gasteiger partial charge is 0.164 e. The molecule has 0 saturated carbocycles. The van der Waals surface area contributed by atoms with Crippen molar-refractivity contribution in [2.45, 2.75) is 0 Å². The van der Waals surface area contributed by atoms with E-state index in [9.17, 15) is 0 Å². The van der Waals surface area contributed by atoms with Crippen molar-refractivity contribution < 1.29 is 4.42 Å². The van der Waals surface area contributed by atoms with E-state index in [0.717, 1.165) is 77.2 Å². The first-order valence-corrected chi connectivity index (χ1v) is 19.8. The molecule has 2 aromatic heterocycles. The number of furan rings is 1. The van der Waals surface area contributed by atoms with E-state index in [0.29, 0.717) is 17.5 Å². The Kier molecular flexibility index (Phi) is 8.45. The Morgan fingerprint density at radius 3 is 1.53 bits per heavy atom. The molecule has 0 spiro atoms. The molecule has 0 atom stereocenters. The molecular formula is C55H35N3O. The molecule has 0 radical (unpaired) electrons. The summed E-state index contributed by atoms with van der Waals surface area (Å²) in [5.74, 6) is 1.81. The van der Waals surface area contributed by atoms with Gasteiger partial charge in [-0.2, -0.15) is 0 Å². The third kappa shape index (κ3) is 6.43. The zero-order valence-corrected chi connectivity index (χ0v) is 32.0. The van der Waals surface area contributed by atoms with Crippen LogP contribution in [0, 0.1) is 0 Å². The Morgan fingerprint density at radius 1 is 0.271 bits per heavy atom. The quantitative estimate of drug-likeness (QED) is 0.163. The maximum absolute atomic E-state index is 6.62. The van der Waals surface area contributed by atoms with Crippen molar-refractivity contribution >= 4 is 32.7 Å². The highest BCUT2D eigenvalue weighted by Gasteiger charge is 2.18. The first-order chi connectivity index (χ1) is 29.2. The first-order valence-electron chi connectivity index (χ1n) is 19.8. The first kappa shape index (κ1) is 34.3. The van der Waals surface area contributed by atoms with E-state index < -0.39 is 0 Å². The minimum Gasteiger partial charge on any atom is -0.456 e. The van der Waals surface area contributed by atoms with Gasteiger partial charge in [0.05, 0.1) is 0 Å². The number of hydrogen-bond donors (Lipinski definition) is 0. The molecule has 59 heavy (non-hydrogen) atoms. The topological polar surface area (TPSA) is 51.8 Å². The normalized spacial score (nSPS) is 11.4. The molecule has 11 rings (SSSR count). The largest absolute Gasteiger partial charge is 0.456 e. The van der Waals surface area contributed by atoms with E-state index >= 15 is 0 Å². The van der Waals surface area contributed by atoms with Gasteiger partial charge in [0.1, 0.15) is 11.2 Å². The second-order valence-electron chi connectivity index (χ2n) is 14.8. The minimum atomic E-state index is 0.582. The van der Waals surface area contributed by atoms with Crippen LogP contribution in [0.3, 0.4) is 0 Å². The summed E-state index contributed by atoms with van der Waals surface area (Å²) in [6.07, 6.45) is 0. The molecule has 4 nitrogen and oxygen atoms in total. The Hall–Kier alpha value is -7.95. The molecule has 0 fully saturated rings. The lowest BCUT2D eigenvalue weighted by Gasteiger charge is -2.11. The molecule has 4 heteroatoms. The number of rotatable bonds is 7. The summed E-state index contributed by atoms with van der Waals surface area (Å²) in [5.41, 5.74) is 13.6. The van der Waals surface area contributed by atoms with E-state index in [1.54, 1.807) is 0 Å². The lowest BCUT2D eigenvalue weighted by molar-refractivity contribution is 0.669. The molecule has 0 N–H and O–H groups in total. The number of nitrogens with zero attached hydrogens (tertiary/aromatic N) is 3. The summed E-state index contributed by atoms with van der Waals surface area (Å²) < 4.78 is 6.62. The highest BCUT2D eigenvalue weighted by molar-refractivity contribution is 6.13. The van der Waals surface area contributed by atoms with Gasteiger partial charge in [-0.1, -0.05) is 182 Å². The van der Waals surface area contributed by atoms with Crippen molar-refractivity contribution in [3.8, 4) is 78.7 Å². The zero-order chi connectivity index (χ0) is 39.1. The summed E-state index contributed by atoms with van der Waals surface area (Å²) >= 11 is 0. The van der Waals surface area contributed by atoms with Crippen LogP contribution in [0.5, 0.6) is 0 Å². The van der Waals surface area contributed by atoms with Crippen LogP contribution in [0.25, 0.3) is 111 Å². The predicted octanol–water partition coefficient (Wildman–Crippen LogP) is 14.6. The van der Waals surface area contributed by atoms with Crippen molar-refractivity contribution in [3.63, 3.8) is 0 Å². The lowest BCUT2D eigenvalue weighted by atomic mass is 9.95. The van der Waals surface area contributed by atoms with Crippen molar-refractivity contribution in [1.82, 2.24) is 15.0 Å². The van der Waals surface area contributed by atoms with Crippen LogP contribution in [-0.4, -0.2) is 15.0 Å². The van der Waals surface area contributed by atoms with Gasteiger partial charge in [-0.05, 0) is 85.6 Å². The molecule has 0 aliphatic carbocycles. The fourth-order valence-electron chi connectivity index (χ4n) is 8.18. The summed E-state index contributed by atoms with van der Waals surface area (Å²) in [7, 11) is 0. The van der Waals surface area contributed by atoms with Crippen LogP contribution in [0.1, 0.15) is 0 Å². The molecule has 9 aromatic carbocycles. The van der Waals surface area contributed by atoms with Crippen LogP contribution in [0.2, 0.25) is 0 Å². The molecule has 0 aliphatic heterocycles. The van der Waals surface area contributed by atoms with E-state index in [1.807, 2.05) is 48.5 Å².